The van der Waals surface area contributed by atoms with Crippen LogP contribution in [0.2, 0.25) is 0 Å². The Morgan fingerprint density at radius 3 is 2.38 bits per heavy atom. The number of amides is 1. The van der Waals surface area contributed by atoms with Crippen molar-refractivity contribution in [3.63, 3.8) is 0 Å². The average Bonchev–Trinajstić information content (AvgIpc) is 2.87. The van der Waals surface area contributed by atoms with Crippen LogP contribution in [0.3, 0.4) is 0 Å². The summed E-state index contributed by atoms with van der Waals surface area (Å²) in [6.45, 7) is 1.86. The van der Waals surface area contributed by atoms with Crippen molar-refractivity contribution >= 4 is 15.9 Å². The van der Waals surface area contributed by atoms with E-state index < -0.39 is 10.0 Å². The number of benzene rings is 1. The summed E-state index contributed by atoms with van der Waals surface area (Å²) in [6, 6.07) is 8.55. The zero-order valence-corrected chi connectivity index (χ0v) is 16.2. The molecule has 0 radical (unpaired) electrons. The molecule has 26 heavy (non-hydrogen) atoms. The van der Waals surface area contributed by atoms with Crippen molar-refractivity contribution in [1.82, 2.24) is 14.5 Å². The molecule has 0 spiro atoms. The molecule has 1 amide bonds. The molecule has 2 aliphatic rings. The predicted molar refractivity (Wildman–Crippen MR) is 101 cm³/mol. The second kappa shape index (κ2) is 8.50. The van der Waals surface area contributed by atoms with E-state index in [-0.39, 0.29) is 18.0 Å². The molecule has 1 N–H and O–H groups in total. The van der Waals surface area contributed by atoms with Crippen LogP contribution in [0.4, 0.5) is 0 Å². The summed E-state index contributed by atoms with van der Waals surface area (Å²) in [4.78, 5) is 15.1. The molecule has 144 valence electrons. The van der Waals surface area contributed by atoms with Gasteiger partial charge in [0.05, 0.1) is 10.9 Å². The number of carbonyl (C=O) groups excluding carboxylic acids is 1. The number of nitrogens with zero attached hydrogens (tertiary/aromatic N) is 2. The zero-order chi connectivity index (χ0) is 18.6. The Hall–Kier alpha value is -1.44. The van der Waals surface area contributed by atoms with E-state index >= 15 is 0 Å². The van der Waals surface area contributed by atoms with Crippen molar-refractivity contribution in [2.24, 2.45) is 0 Å². The number of rotatable bonds is 4. The molecular formula is C19H29N3O3S. The molecule has 2 fully saturated rings. The summed E-state index contributed by atoms with van der Waals surface area (Å²) in [5.41, 5.74) is 0. The highest BCUT2D eigenvalue weighted by atomic mass is 32.2. The second-order valence-corrected chi connectivity index (χ2v) is 9.28. The van der Waals surface area contributed by atoms with Gasteiger partial charge in [-0.05, 0) is 51.4 Å². The SMILES string of the molecule is CN1CCCCC[C@@H]1C(=O)NC1CCN(S(=O)(=O)c2ccccc2)CC1. The van der Waals surface area contributed by atoms with Crippen LogP contribution in [0, 0.1) is 0 Å². The first-order valence-electron chi connectivity index (χ1n) is 9.54. The molecule has 6 nitrogen and oxygen atoms in total. The lowest BCUT2D eigenvalue weighted by atomic mass is 10.0. The Morgan fingerprint density at radius 1 is 1.00 bits per heavy atom. The van der Waals surface area contributed by atoms with E-state index in [2.05, 4.69) is 10.2 Å². The van der Waals surface area contributed by atoms with E-state index in [1.807, 2.05) is 13.1 Å². The van der Waals surface area contributed by atoms with Gasteiger partial charge in [-0.1, -0.05) is 31.0 Å². The largest absolute Gasteiger partial charge is 0.352 e. The second-order valence-electron chi connectivity index (χ2n) is 7.35. The minimum absolute atomic E-state index is 0.0522. The van der Waals surface area contributed by atoms with E-state index in [9.17, 15) is 13.2 Å². The Kier molecular flexibility index (Phi) is 6.32. The van der Waals surface area contributed by atoms with Gasteiger partial charge < -0.3 is 5.32 Å². The predicted octanol–water partition coefficient (Wildman–Crippen LogP) is 1.83. The van der Waals surface area contributed by atoms with Crippen molar-refractivity contribution in [3.05, 3.63) is 30.3 Å². The van der Waals surface area contributed by atoms with Gasteiger partial charge in [0.15, 0.2) is 0 Å². The van der Waals surface area contributed by atoms with Crippen LogP contribution in [-0.2, 0) is 14.8 Å². The molecule has 0 aromatic heterocycles. The van der Waals surface area contributed by atoms with E-state index in [0.717, 1.165) is 25.8 Å². The lowest BCUT2D eigenvalue weighted by Crippen LogP contribution is -2.51. The van der Waals surface area contributed by atoms with Gasteiger partial charge in [-0.15, -0.1) is 0 Å². The Bertz CT molecular complexity index is 700. The highest BCUT2D eigenvalue weighted by molar-refractivity contribution is 7.89. The van der Waals surface area contributed by atoms with Gasteiger partial charge in [0.2, 0.25) is 15.9 Å². The first kappa shape index (κ1) is 19.3. The lowest BCUT2D eigenvalue weighted by molar-refractivity contribution is -0.127. The van der Waals surface area contributed by atoms with Gasteiger partial charge in [0.1, 0.15) is 0 Å². The lowest BCUT2D eigenvalue weighted by Gasteiger charge is -2.33. The van der Waals surface area contributed by atoms with Crippen LogP contribution in [0.25, 0.3) is 0 Å². The first-order valence-corrected chi connectivity index (χ1v) is 11.0. The smallest absolute Gasteiger partial charge is 0.243 e. The van der Waals surface area contributed by atoms with E-state index in [4.69, 9.17) is 0 Å². The highest BCUT2D eigenvalue weighted by Crippen LogP contribution is 2.21. The summed E-state index contributed by atoms with van der Waals surface area (Å²) in [6.07, 6.45) is 5.65. The fourth-order valence-corrected chi connectivity index (χ4v) is 5.35. The molecule has 2 aliphatic heterocycles. The summed E-state index contributed by atoms with van der Waals surface area (Å²) >= 11 is 0. The molecule has 2 saturated heterocycles. The molecule has 1 atom stereocenters. The minimum atomic E-state index is -3.44. The van der Waals surface area contributed by atoms with Crippen molar-refractivity contribution in [2.75, 3.05) is 26.7 Å². The van der Waals surface area contributed by atoms with Crippen molar-refractivity contribution in [1.29, 1.82) is 0 Å². The number of sulfonamides is 1. The Balaban J connectivity index is 1.54. The fourth-order valence-electron chi connectivity index (χ4n) is 3.86. The number of likely N-dealkylation sites (N-methyl/N-ethyl adjacent to an activating group) is 1. The van der Waals surface area contributed by atoms with E-state index in [0.29, 0.717) is 30.8 Å². The fraction of sp³-hybridized carbons (Fsp3) is 0.632. The maximum atomic E-state index is 12.7. The van der Waals surface area contributed by atoms with Crippen molar-refractivity contribution in [3.8, 4) is 0 Å². The third-order valence-corrected chi connectivity index (χ3v) is 7.42. The summed E-state index contributed by atoms with van der Waals surface area (Å²) in [5, 5.41) is 3.16. The molecule has 0 aliphatic carbocycles. The van der Waals surface area contributed by atoms with Gasteiger partial charge in [-0.3, -0.25) is 9.69 Å². The summed E-state index contributed by atoms with van der Waals surface area (Å²) < 4.78 is 26.9. The number of piperidine rings is 1. The third-order valence-electron chi connectivity index (χ3n) is 5.50. The monoisotopic (exact) mass is 379 g/mol. The molecule has 0 bridgehead atoms. The molecule has 0 unspecified atom stereocenters. The number of likely N-dealkylation sites (tertiary alicyclic amines) is 1. The number of hydrogen-bond donors (Lipinski definition) is 1. The van der Waals surface area contributed by atoms with Gasteiger partial charge in [0.25, 0.3) is 0 Å². The van der Waals surface area contributed by atoms with Gasteiger partial charge in [0, 0.05) is 19.1 Å². The molecule has 1 aromatic carbocycles. The van der Waals surface area contributed by atoms with Crippen LogP contribution in [-0.4, -0.2) is 62.3 Å². The molecular weight excluding hydrogens is 350 g/mol. The number of nitrogens with one attached hydrogen (secondary N) is 1. The highest BCUT2D eigenvalue weighted by Gasteiger charge is 2.31. The quantitative estimate of drug-likeness (QED) is 0.867. The standard InChI is InChI=1S/C19H29N3O3S/c1-21-13-7-3-6-10-18(21)19(23)20-16-11-14-22(15-12-16)26(24,25)17-8-4-2-5-9-17/h2,4-5,8-9,16,18H,3,6-7,10-15H2,1H3,(H,20,23)/t18-/m1/s1. The molecule has 0 saturated carbocycles. The molecule has 1 aromatic rings. The van der Waals surface area contributed by atoms with Crippen LogP contribution < -0.4 is 5.32 Å². The van der Waals surface area contributed by atoms with Gasteiger partial charge >= 0.3 is 0 Å². The van der Waals surface area contributed by atoms with Crippen LogP contribution in [0.5, 0.6) is 0 Å². The first-order chi connectivity index (χ1) is 12.5. The summed E-state index contributed by atoms with van der Waals surface area (Å²) in [7, 11) is -1.42. The summed E-state index contributed by atoms with van der Waals surface area (Å²) in [5.74, 6) is 0.0961. The number of carbonyl (C=O) groups is 1. The average molecular weight is 380 g/mol. The Labute approximate surface area is 156 Å². The Morgan fingerprint density at radius 2 is 1.69 bits per heavy atom. The zero-order valence-electron chi connectivity index (χ0n) is 15.4. The maximum Gasteiger partial charge on any atom is 0.243 e. The van der Waals surface area contributed by atoms with Crippen LogP contribution >= 0.6 is 0 Å². The minimum Gasteiger partial charge on any atom is -0.352 e. The van der Waals surface area contributed by atoms with Crippen molar-refractivity contribution in [2.45, 2.75) is 55.5 Å². The molecule has 3 rings (SSSR count). The van der Waals surface area contributed by atoms with Crippen LogP contribution in [0.1, 0.15) is 38.5 Å². The van der Waals surface area contributed by atoms with Gasteiger partial charge in [-0.25, -0.2) is 8.42 Å². The third kappa shape index (κ3) is 4.45. The van der Waals surface area contributed by atoms with E-state index in [1.54, 1.807) is 24.3 Å². The maximum absolute atomic E-state index is 12.7. The van der Waals surface area contributed by atoms with Crippen molar-refractivity contribution < 1.29 is 13.2 Å². The normalized spacial score (nSPS) is 24.1. The van der Waals surface area contributed by atoms with Gasteiger partial charge in [-0.2, -0.15) is 4.31 Å². The number of hydrogen-bond acceptors (Lipinski definition) is 4. The van der Waals surface area contributed by atoms with Crippen LogP contribution in [0.15, 0.2) is 35.2 Å². The topological polar surface area (TPSA) is 69.7 Å². The molecule has 7 heteroatoms. The van der Waals surface area contributed by atoms with E-state index in [1.165, 1.54) is 10.7 Å². The molecule has 2 heterocycles.